The number of ether oxygens (including phenoxy) is 1. The highest BCUT2D eigenvalue weighted by Gasteiger charge is 2.19. The highest BCUT2D eigenvalue weighted by atomic mass is 79.9. The van der Waals surface area contributed by atoms with Gasteiger partial charge in [-0.15, -0.1) is 0 Å². The molecule has 0 radical (unpaired) electrons. The first-order valence-electron chi connectivity index (χ1n) is 7.77. The summed E-state index contributed by atoms with van der Waals surface area (Å²) < 4.78 is 37.0. The van der Waals surface area contributed by atoms with Gasteiger partial charge in [0.1, 0.15) is 5.69 Å². The lowest BCUT2D eigenvalue weighted by Gasteiger charge is -2.13. The molecule has 6 N–H and O–H groups in total. The Bertz CT molecular complexity index is 921. The smallest absolute Gasteiger partial charge is 0.267 e. The molecule has 1 atom stereocenters. The van der Waals surface area contributed by atoms with Gasteiger partial charge in [-0.25, -0.2) is 0 Å². The number of carbonyl (C=O) groups is 1. The van der Waals surface area contributed by atoms with E-state index in [4.69, 9.17) is 15.0 Å². The third-order valence-electron chi connectivity index (χ3n) is 3.43. The summed E-state index contributed by atoms with van der Waals surface area (Å²) in [7, 11) is -2.67. The number of nitrogens with two attached hydrogens (primary N) is 1. The lowest BCUT2D eigenvalue weighted by atomic mass is 10.2. The zero-order valence-electron chi connectivity index (χ0n) is 14.6. The van der Waals surface area contributed by atoms with Crippen LogP contribution >= 0.6 is 31.9 Å². The van der Waals surface area contributed by atoms with Gasteiger partial charge in [0.2, 0.25) is 0 Å². The molecular weight excluding hydrogens is 524 g/mol. The Kier molecular flexibility index (Phi) is 7.77. The second kappa shape index (κ2) is 9.65. The Labute approximate surface area is 177 Å². The molecule has 2 heterocycles. The number of aromatic nitrogens is 1. The average Bonchev–Trinajstić information content (AvgIpc) is 3.12. The minimum atomic E-state index is -4.13. The number of nitrogens with one attached hydrogen (secondary N) is 3. The molecule has 28 heavy (non-hydrogen) atoms. The number of halogens is 2. The van der Waals surface area contributed by atoms with E-state index in [1.54, 1.807) is 12.1 Å². The number of hydrogen-bond donors (Lipinski definition) is 5. The zero-order valence-corrected chi connectivity index (χ0v) is 18.6. The number of guanidine groups is 1. The normalized spacial score (nSPS) is 18.2. The molecule has 1 aromatic heterocycles. The number of aliphatic imine (C=N–C) groups is 2. The molecule has 0 aromatic carbocycles. The Morgan fingerprint density at radius 3 is 2.82 bits per heavy atom. The number of carbonyl (C=O) groups excluding carboxylic acids is 1. The third-order valence-corrected chi connectivity index (χ3v) is 5.91. The fourth-order valence-corrected chi connectivity index (χ4v) is 3.09. The first-order valence-corrected chi connectivity index (χ1v) is 11.0. The number of amidine groups is 1. The van der Waals surface area contributed by atoms with Gasteiger partial charge in [0.05, 0.1) is 33.2 Å². The number of hydrogen-bond acceptors (Lipinski definition) is 7. The maximum atomic E-state index is 12.2. The van der Waals surface area contributed by atoms with Gasteiger partial charge in [0, 0.05) is 13.7 Å². The van der Waals surface area contributed by atoms with Crippen molar-refractivity contribution in [3.8, 4) is 0 Å². The molecule has 1 aliphatic heterocycles. The quantitative estimate of drug-likeness (QED) is 0.296. The summed E-state index contributed by atoms with van der Waals surface area (Å²) in [5.41, 5.74) is 6.39. The second-order valence-electron chi connectivity index (χ2n) is 5.52. The van der Waals surface area contributed by atoms with Crippen LogP contribution in [0.15, 0.2) is 36.9 Å². The van der Waals surface area contributed by atoms with Gasteiger partial charge in [-0.3, -0.25) is 14.3 Å². The summed E-state index contributed by atoms with van der Waals surface area (Å²) in [6.45, 7) is -0.0398. The van der Waals surface area contributed by atoms with E-state index in [1.165, 1.54) is 7.11 Å². The zero-order chi connectivity index (χ0) is 20.9. The van der Waals surface area contributed by atoms with Crippen LogP contribution in [0.4, 0.5) is 0 Å². The molecule has 0 spiro atoms. The molecule has 1 amide bonds. The van der Waals surface area contributed by atoms with Crippen molar-refractivity contribution < 1.29 is 22.5 Å². The highest BCUT2D eigenvalue weighted by Crippen LogP contribution is 2.22. The molecule has 0 saturated heterocycles. The summed E-state index contributed by atoms with van der Waals surface area (Å²) in [6, 6.07) is 1.63. The van der Waals surface area contributed by atoms with Gasteiger partial charge < -0.3 is 26.1 Å². The van der Waals surface area contributed by atoms with E-state index in [2.05, 4.69) is 57.5 Å². The highest BCUT2D eigenvalue weighted by molar-refractivity contribution is 9.13. The van der Waals surface area contributed by atoms with E-state index < -0.39 is 22.0 Å². The maximum Gasteiger partial charge on any atom is 0.267 e. The summed E-state index contributed by atoms with van der Waals surface area (Å²) >= 11 is 6.56. The first kappa shape index (κ1) is 22.5. The molecule has 0 saturated carbocycles. The number of methoxy groups -OCH3 is 1. The van der Waals surface area contributed by atoms with Crippen LogP contribution in [0.25, 0.3) is 0 Å². The van der Waals surface area contributed by atoms with Crippen LogP contribution < -0.4 is 16.4 Å². The molecule has 11 nitrogen and oxygen atoms in total. The van der Waals surface area contributed by atoms with Crippen LogP contribution in [0.2, 0.25) is 0 Å². The van der Waals surface area contributed by atoms with Gasteiger partial charge in [0.25, 0.3) is 16.0 Å². The number of amides is 1. The van der Waals surface area contributed by atoms with Crippen LogP contribution in [0.1, 0.15) is 10.5 Å². The maximum absolute atomic E-state index is 12.2. The second-order valence-corrected chi connectivity index (χ2v) is 8.74. The van der Waals surface area contributed by atoms with E-state index in [0.717, 1.165) is 4.47 Å². The Hall–Kier alpha value is -1.74. The van der Waals surface area contributed by atoms with Gasteiger partial charge in [-0.2, -0.15) is 13.4 Å². The Morgan fingerprint density at radius 2 is 2.25 bits per heavy atom. The summed E-state index contributed by atoms with van der Waals surface area (Å²) in [6.07, 6.45) is 1.07. The van der Waals surface area contributed by atoms with Crippen LogP contribution in [0.3, 0.4) is 0 Å². The summed E-state index contributed by atoms with van der Waals surface area (Å²) in [5, 5.41) is 5.50. The Morgan fingerprint density at radius 1 is 1.54 bits per heavy atom. The molecule has 14 heteroatoms. The number of rotatable bonds is 8. The summed E-state index contributed by atoms with van der Waals surface area (Å²) in [5.74, 6) is -0.614. The van der Waals surface area contributed by atoms with Crippen LogP contribution in [0, 0.1) is 0 Å². The van der Waals surface area contributed by atoms with Gasteiger partial charge in [-0.1, -0.05) is 0 Å². The molecule has 2 rings (SSSR count). The van der Waals surface area contributed by atoms with Crippen LogP contribution in [0.5, 0.6) is 0 Å². The van der Waals surface area contributed by atoms with Crippen molar-refractivity contribution in [3.05, 3.63) is 32.6 Å². The van der Waals surface area contributed by atoms with E-state index in [1.807, 2.05) is 0 Å². The third kappa shape index (κ3) is 6.70. The van der Waals surface area contributed by atoms with Crippen molar-refractivity contribution in [2.45, 2.75) is 6.10 Å². The van der Waals surface area contributed by atoms with E-state index in [0.29, 0.717) is 16.0 Å². The lowest BCUT2D eigenvalue weighted by Crippen LogP contribution is -2.34. The van der Waals surface area contributed by atoms with Gasteiger partial charge >= 0.3 is 0 Å². The fourth-order valence-electron chi connectivity index (χ4n) is 2.11. The number of H-pyrrole nitrogens is 1. The van der Waals surface area contributed by atoms with E-state index >= 15 is 0 Å². The molecule has 1 aromatic rings. The number of nitrogens with zero attached hydrogens (tertiary/aromatic N) is 2. The van der Waals surface area contributed by atoms with Crippen molar-refractivity contribution in [2.24, 2.45) is 15.7 Å². The largest absolute Gasteiger partial charge is 0.375 e. The Balaban J connectivity index is 2.03. The fraction of sp³-hybridized carbons (Fsp3) is 0.357. The lowest BCUT2D eigenvalue weighted by molar-refractivity contribution is 0.0899. The predicted octanol–water partition coefficient (Wildman–Crippen LogP) is 0.373. The standard InChI is InChI=1S/C14H18Br2N6O5S/c1-27-7(6-19-13(23)10-5-8(15)11(16)20-10)4-9-12(22-14(17)21-9)18-2-3-28(24,25)26/h4-5,7,20H,2-3,6H2,1H3,(H,19,23)(H,24,25,26)(H3,17,18,21,22). The summed E-state index contributed by atoms with van der Waals surface area (Å²) in [4.78, 5) is 23.0. The minimum Gasteiger partial charge on any atom is -0.375 e. The minimum absolute atomic E-state index is 0.0804. The predicted molar refractivity (Wildman–Crippen MR) is 111 cm³/mol. The van der Waals surface area contributed by atoms with E-state index in [9.17, 15) is 13.2 Å². The van der Waals surface area contributed by atoms with Gasteiger partial charge in [0.15, 0.2) is 11.8 Å². The van der Waals surface area contributed by atoms with Gasteiger partial charge in [-0.05, 0) is 44.0 Å². The monoisotopic (exact) mass is 540 g/mol. The van der Waals surface area contributed by atoms with Crippen molar-refractivity contribution in [2.75, 3.05) is 26.0 Å². The molecule has 0 bridgehead atoms. The van der Waals surface area contributed by atoms with Crippen molar-refractivity contribution >= 4 is 59.7 Å². The average molecular weight is 542 g/mol. The molecule has 0 aliphatic carbocycles. The topological polar surface area (TPSA) is 171 Å². The molecule has 0 fully saturated rings. The van der Waals surface area contributed by atoms with Crippen molar-refractivity contribution in [3.63, 3.8) is 0 Å². The van der Waals surface area contributed by atoms with E-state index in [-0.39, 0.29) is 30.8 Å². The van der Waals surface area contributed by atoms with Crippen molar-refractivity contribution in [1.82, 2.24) is 15.6 Å². The number of aromatic amines is 1. The first-order chi connectivity index (χ1) is 13.1. The SMILES string of the molecule is COC(C=C1NC(N)=NC1=NCCS(=O)(=O)O)CNC(=O)c1cc(Br)c(Br)[nH]1. The van der Waals surface area contributed by atoms with Crippen LogP contribution in [-0.2, 0) is 14.9 Å². The molecule has 1 unspecified atom stereocenters. The molecular formula is C14H18Br2N6O5S. The molecule has 1 aliphatic rings. The van der Waals surface area contributed by atoms with Crippen LogP contribution in [-0.4, -0.2) is 67.7 Å². The van der Waals surface area contributed by atoms with Crippen molar-refractivity contribution in [1.29, 1.82) is 0 Å². The molecule has 154 valence electrons.